The van der Waals surface area contributed by atoms with Crippen LogP contribution in [0.4, 0.5) is 9.93 Å². The average Bonchev–Trinajstić information content (AvgIpc) is 3.20. The Labute approximate surface area is 135 Å². The molecule has 0 aliphatic rings. The molecule has 0 saturated carbocycles. The second-order valence-corrected chi connectivity index (χ2v) is 6.30. The molecular weight excluding hydrogens is 318 g/mol. The summed E-state index contributed by atoms with van der Waals surface area (Å²) in [6.45, 7) is 0.557. The van der Waals surface area contributed by atoms with Crippen LogP contribution in [0.2, 0.25) is 0 Å². The number of thiophene rings is 1. The van der Waals surface area contributed by atoms with Crippen molar-refractivity contribution in [1.29, 1.82) is 0 Å². The number of anilines is 1. The molecule has 0 radical (unpaired) electrons. The van der Waals surface area contributed by atoms with Crippen molar-refractivity contribution >= 4 is 33.8 Å². The minimum absolute atomic E-state index is 0.213. The van der Waals surface area contributed by atoms with E-state index in [2.05, 4.69) is 20.5 Å². The number of carbonyl (C=O) groups excluding carboxylic acids is 1. The minimum atomic E-state index is -0.213. The molecule has 0 bridgehead atoms. The first-order chi connectivity index (χ1) is 10.7. The zero-order chi connectivity index (χ0) is 15.4. The first-order valence-electron chi connectivity index (χ1n) is 6.50. The number of rotatable bonds is 4. The van der Waals surface area contributed by atoms with Crippen molar-refractivity contribution in [2.45, 2.75) is 6.54 Å². The molecule has 112 valence electrons. The third-order valence-electron chi connectivity index (χ3n) is 2.87. The highest BCUT2D eigenvalue weighted by molar-refractivity contribution is 7.18. The summed E-state index contributed by atoms with van der Waals surface area (Å²) in [5.41, 5.74) is 1.85. The van der Waals surface area contributed by atoms with E-state index in [1.807, 2.05) is 35.0 Å². The Balaban J connectivity index is 1.63. The Morgan fingerprint density at radius 2 is 2.23 bits per heavy atom. The van der Waals surface area contributed by atoms with Crippen LogP contribution in [-0.2, 0) is 6.54 Å². The van der Waals surface area contributed by atoms with Gasteiger partial charge in [0.05, 0.1) is 0 Å². The molecule has 0 spiro atoms. The van der Waals surface area contributed by atoms with Crippen molar-refractivity contribution < 1.29 is 4.79 Å². The van der Waals surface area contributed by atoms with Crippen LogP contribution in [0, 0.1) is 0 Å². The molecule has 0 saturated heterocycles. The van der Waals surface area contributed by atoms with Crippen molar-refractivity contribution in [3.8, 4) is 10.7 Å². The highest BCUT2D eigenvalue weighted by Gasteiger charge is 2.13. The zero-order valence-corrected chi connectivity index (χ0v) is 13.4. The van der Waals surface area contributed by atoms with Crippen LogP contribution in [-0.4, -0.2) is 33.2 Å². The summed E-state index contributed by atoms with van der Waals surface area (Å²) in [7, 11) is 1.74. The van der Waals surface area contributed by atoms with E-state index in [1.54, 1.807) is 29.5 Å². The number of hydrogen-bond acceptors (Lipinski definition) is 6. The van der Waals surface area contributed by atoms with Gasteiger partial charge < -0.3 is 4.90 Å². The van der Waals surface area contributed by atoms with Gasteiger partial charge in [0, 0.05) is 19.8 Å². The second kappa shape index (κ2) is 6.63. The number of hydrogen-bond donors (Lipinski definition) is 1. The van der Waals surface area contributed by atoms with E-state index < -0.39 is 0 Å². The standard InChI is InChI=1S/C14H13N5OS2/c1-19(8-10-5-7-21-9-10)14(20)16-13-18-17-12(22-13)11-4-2-3-6-15-11/h2-7,9H,8H2,1H3,(H,16,18,20). The number of carbonyl (C=O) groups is 1. The Kier molecular flexibility index (Phi) is 4.40. The molecule has 0 aliphatic heterocycles. The van der Waals surface area contributed by atoms with Gasteiger partial charge in [-0.3, -0.25) is 10.3 Å². The molecular formula is C14H13N5OS2. The molecule has 3 aromatic heterocycles. The molecule has 3 heterocycles. The number of nitrogens with one attached hydrogen (secondary N) is 1. The molecule has 8 heteroatoms. The van der Waals surface area contributed by atoms with Gasteiger partial charge in [0.2, 0.25) is 5.13 Å². The number of amides is 2. The normalized spacial score (nSPS) is 10.4. The topological polar surface area (TPSA) is 71.0 Å². The van der Waals surface area contributed by atoms with Gasteiger partial charge >= 0.3 is 6.03 Å². The molecule has 0 unspecified atom stereocenters. The molecule has 3 aromatic rings. The lowest BCUT2D eigenvalue weighted by molar-refractivity contribution is 0.220. The first-order valence-corrected chi connectivity index (χ1v) is 8.26. The largest absolute Gasteiger partial charge is 0.323 e. The summed E-state index contributed by atoms with van der Waals surface area (Å²) in [6.07, 6.45) is 1.70. The fraction of sp³-hybridized carbons (Fsp3) is 0.143. The lowest BCUT2D eigenvalue weighted by Crippen LogP contribution is -2.30. The third kappa shape index (κ3) is 3.46. The predicted octanol–water partition coefficient (Wildman–Crippen LogP) is 3.33. The SMILES string of the molecule is CN(Cc1ccsc1)C(=O)Nc1nnc(-c2ccccn2)s1. The van der Waals surface area contributed by atoms with Crippen LogP contribution in [0.3, 0.4) is 0 Å². The molecule has 22 heavy (non-hydrogen) atoms. The van der Waals surface area contributed by atoms with E-state index in [-0.39, 0.29) is 6.03 Å². The van der Waals surface area contributed by atoms with Crippen molar-refractivity contribution in [1.82, 2.24) is 20.1 Å². The smallest absolute Gasteiger partial charge is 0.323 e. The molecule has 0 aliphatic carbocycles. The minimum Gasteiger partial charge on any atom is -0.323 e. The monoisotopic (exact) mass is 331 g/mol. The zero-order valence-electron chi connectivity index (χ0n) is 11.8. The summed E-state index contributed by atoms with van der Waals surface area (Å²) in [4.78, 5) is 17.9. The van der Waals surface area contributed by atoms with Crippen molar-refractivity contribution in [3.63, 3.8) is 0 Å². The predicted molar refractivity (Wildman–Crippen MR) is 87.9 cm³/mol. The molecule has 0 aromatic carbocycles. The van der Waals surface area contributed by atoms with Crippen LogP contribution in [0.15, 0.2) is 41.2 Å². The van der Waals surface area contributed by atoms with Gasteiger partial charge in [-0.2, -0.15) is 11.3 Å². The van der Waals surface area contributed by atoms with E-state index in [1.165, 1.54) is 11.3 Å². The maximum absolute atomic E-state index is 12.1. The fourth-order valence-electron chi connectivity index (χ4n) is 1.78. The van der Waals surface area contributed by atoms with Gasteiger partial charge in [-0.05, 0) is 34.5 Å². The van der Waals surface area contributed by atoms with Gasteiger partial charge in [0.25, 0.3) is 0 Å². The van der Waals surface area contributed by atoms with Crippen LogP contribution >= 0.6 is 22.7 Å². The number of aromatic nitrogens is 3. The van der Waals surface area contributed by atoms with E-state index in [4.69, 9.17) is 0 Å². The van der Waals surface area contributed by atoms with Gasteiger partial charge in [0.1, 0.15) is 5.69 Å². The lowest BCUT2D eigenvalue weighted by Gasteiger charge is -2.15. The molecule has 6 nitrogen and oxygen atoms in total. The molecule has 3 rings (SSSR count). The van der Waals surface area contributed by atoms with Crippen molar-refractivity contribution in [2.75, 3.05) is 12.4 Å². The van der Waals surface area contributed by atoms with Gasteiger partial charge in [-0.15, -0.1) is 10.2 Å². The van der Waals surface area contributed by atoms with E-state index in [9.17, 15) is 4.79 Å². The molecule has 0 fully saturated rings. The number of urea groups is 1. The van der Waals surface area contributed by atoms with Crippen LogP contribution < -0.4 is 5.32 Å². The quantitative estimate of drug-likeness (QED) is 0.796. The van der Waals surface area contributed by atoms with E-state index in [0.717, 1.165) is 11.3 Å². The molecule has 1 N–H and O–H groups in total. The summed E-state index contributed by atoms with van der Waals surface area (Å²) in [6, 6.07) is 7.37. The summed E-state index contributed by atoms with van der Waals surface area (Å²) in [5.74, 6) is 0. The average molecular weight is 331 g/mol. The maximum atomic E-state index is 12.1. The Morgan fingerprint density at radius 1 is 1.32 bits per heavy atom. The maximum Gasteiger partial charge on any atom is 0.323 e. The third-order valence-corrected chi connectivity index (χ3v) is 4.46. The Morgan fingerprint density at radius 3 is 2.95 bits per heavy atom. The Bertz CT molecular complexity index is 742. The molecule has 0 atom stereocenters. The second-order valence-electron chi connectivity index (χ2n) is 4.55. The lowest BCUT2D eigenvalue weighted by atomic mass is 10.3. The summed E-state index contributed by atoms with van der Waals surface area (Å²) in [5, 5.41) is 15.9. The highest BCUT2D eigenvalue weighted by Crippen LogP contribution is 2.24. The highest BCUT2D eigenvalue weighted by atomic mass is 32.1. The van der Waals surface area contributed by atoms with Gasteiger partial charge in [-0.1, -0.05) is 17.4 Å². The van der Waals surface area contributed by atoms with Crippen molar-refractivity contribution in [3.05, 3.63) is 46.8 Å². The number of pyridine rings is 1. The summed E-state index contributed by atoms with van der Waals surface area (Å²) < 4.78 is 0. The van der Waals surface area contributed by atoms with E-state index >= 15 is 0 Å². The van der Waals surface area contributed by atoms with Crippen molar-refractivity contribution in [2.24, 2.45) is 0 Å². The fourth-order valence-corrected chi connectivity index (χ4v) is 3.15. The Hall–Kier alpha value is -2.32. The van der Waals surface area contributed by atoms with Crippen LogP contribution in [0.25, 0.3) is 10.7 Å². The number of nitrogens with zero attached hydrogens (tertiary/aromatic N) is 4. The van der Waals surface area contributed by atoms with Crippen LogP contribution in [0.1, 0.15) is 5.56 Å². The van der Waals surface area contributed by atoms with Gasteiger partial charge in [0.15, 0.2) is 5.01 Å². The molecule has 2 amide bonds. The van der Waals surface area contributed by atoms with Gasteiger partial charge in [-0.25, -0.2) is 4.79 Å². The summed E-state index contributed by atoms with van der Waals surface area (Å²) >= 11 is 2.91. The van der Waals surface area contributed by atoms with E-state index in [0.29, 0.717) is 16.7 Å². The first kappa shape index (κ1) is 14.6. The van der Waals surface area contributed by atoms with Crippen LogP contribution in [0.5, 0.6) is 0 Å².